The zero-order chi connectivity index (χ0) is 19.1. The average molecular weight is 395 g/mol. The second kappa shape index (κ2) is 9.59. The fourth-order valence-corrected chi connectivity index (χ4v) is 2.93. The first-order valence-corrected chi connectivity index (χ1v) is 8.95. The molecule has 1 saturated heterocycles. The monoisotopic (exact) mass is 394 g/mol. The van der Waals surface area contributed by atoms with E-state index < -0.39 is 5.82 Å². The average Bonchev–Trinajstić information content (AvgIpc) is 2.93. The highest BCUT2D eigenvalue weighted by Crippen LogP contribution is 2.29. The van der Waals surface area contributed by atoms with Gasteiger partial charge in [0.15, 0.2) is 6.61 Å². The highest BCUT2D eigenvalue weighted by Gasteiger charge is 2.27. The van der Waals surface area contributed by atoms with Crippen molar-refractivity contribution in [2.45, 2.75) is 6.10 Å². The Balaban J connectivity index is 1.58. The summed E-state index contributed by atoms with van der Waals surface area (Å²) < 4.78 is 24.9. The third-order valence-corrected chi connectivity index (χ3v) is 4.43. The van der Waals surface area contributed by atoms with Crippen LogP contribution in [0.3, 0.4) is 0 Å². The van der Waals surface area contributed by atoms with Gasteiger partial charge >= 0.3 is 6.01 Å². The van der Waals surface area contributed by atoms with Crippen LogP contribution >= 0.6 is 11.6 Å². The molecule has 1 aromatic heterocycles. The van der Waals surface area contributed by atoms with Gasteiger partial charge in [-0.05, 0) is 23.8 Å². The van der Waals surface area contributed by atoms with E-state index in [2.05, 4.69) is 20.6 Å². The number of aromatic nitrogens is 2. The van der Waals surface area contributed by atoms with Gasteiger partial charge in [0.05, 0.1) is 17.7 Å². The fraction of sp³-hybridized carbons (Fsp3) is 0.389. The van der Waals surface area contributed by atoms with Crippen LogP contribution < -0.4 is 15.4 Å². The highest BCUT2D eigenvalue weighted by atomic mass is 35.5. The molecule has 2 heterocycles. The largest absolute Gasteiger partial charge is 0.453 e. The van der Waals surface area contributed by atoms with Crippen molar-refractivity contribution < 1.29 is 18.7 Å². The summed E-state index contributed by atoms with van der Waals surface area (Å²) in [4.78, 5) is 19.8. The van der Waals surface area contributed by atoms with Gasteiger partial charge in [0.25, 0.3) is 5.91 Å². The smallest absolute Gasteiger partial charge is 0.316 e. The van der Waals surface area contributed by atoms with E-state index >= 15 is 0 Å². The number of nitrogens with zero attached hydrogens (tertiary/aromatic N) is 2. The number of nitrogens with one attached hydrogen (secondary N) is 2. The predicted octanol–water partition coefficient (Wildman–Crippen LogP) is 1.74. The number of ether oxygens (including phenoxy) is 2. The summed E-state index contributed by atoms with van der Waals surface area (Å²) in [5, 5.41) is 6.14. The van der Waals surface area contributed by atoms with Crippen LogP contribution in [-0.2, 0) is 9.53 Å². The lowest BCUT2D eigenvalue weighted by Gasteiger charge is -2.25. The van der Waals surface area contributed by atoms with Crippen molar-refractivity contribution in [2.24, 2.45) is 5.92 Å². The van der Waals surface area contributed by atoms with Gasteiger partial charge in [-0.15, -0.1) is 0 Å². The molecule has 0 spiro atoms. The molecule has 3 rings (SSSR count). The van der Waals surface area contributed by atoms with Gasteiger partial charge in [-0.2, -0.15) is 0 Å². The van der Waals surface area contributed by atoms with E-state index in [0.29, 0.717) is 31.8 Å². The van der Waals surface area contributed by atoms with Crippen LogP contribution in [0.15, 0.2) is 36.7 Å². The van der Waals surface area contributed by atoms with E-state index in [0.717, 1.165) is 0 Å². The second-order valence-electron chi connectivity index (χ2n) is 6.05. The lowest BCUT2D eigenvalue weighted by molar-refractivity contribution is -0.123. The molecule has 2 atom stereocenters. The molecule has 27 heavy (non-hydrogen) atoms. The molecule has 0 saturated carbocycles. The number of benzene rings is 1. The Morgan fingerprint density at radius 3 is 3.00 bits per heavy atom. The molecule has 0 unspecified atom stereocenters. The first kappa shape index (κ1) is 19.5. The quantitative estimate of drug-likeness (QED) is 0.776. The van der Waals surface area contributed by atoms with E-state index in [1.807, 2.05) is 0 Å². The summed E-state index contributed by atoms with van der Waals surface area (Å²) in [5.41, 5.74) is 0.689. The first-order chi connectivity index (χ1) is 13.1. The van der Waals surface area contributed by atoms with Crippen molar-refractivity contribution in [2.75, 3.05) is 32.8 Å². The Kier molecular flexibility index (Phi) is 6.92. The summed E-state index contributed by atoms with van der Waals surface area (Å²) in [5.74, 6) is -0.869. The van der Waals surface area contributed by atoms with Crippen LogP contribution in [0.5, 0.6) is 6.01 Å². The summed E-state index contributed by atoms with van der Waals surface area (Å²) in [6.45, 7) is 1.96. The molecule has 1 aliphatic heterocycles. The maximum atomic E-state index is 13.8. The molecule has 144 valence electrons. The minimum Gasteiger partial charge on any atom is -0.453 e. The number of amides is 1. The van der Waals surface area contributed by atoms with Crippen LogP contribution in [0.25, 0.3) is 0 Å². The minimum absolute atomic E-state index is 0.0654. The number of carbonyl (C=O) groups excluding carboxylic acids is 1. The normalized spacial score (nSPS) is 19.9. The highest BCUT2D eigenvalue weighted by molar-refractivity contribution is 6.30. The standard InChI is InChI=1S/C18H20ClFN4O3/c19-14-3-2-12(8-15(14)20)17-13(9-21-6-7-26-17)10-24-16(25)11-27-18-22-4-1-5-23-18/h1-5,8,13,17,21H,6-7,9-11H2,(H,24,25)/t13-,17-/m0/s1. The van der Waals surface area contributed by atoms with Crippen molar-refractivity contribution >= 4 is 17.5 Å². The van der Waals surface area contributed by atoms with Gasteiger partial charge in [-0.1, -0.05) is 17.7 Å². The number of halogens is 2. The Labute approximate surface area is 161 Å². The summed E-state index contributed by atoms with van der Waals surface area (Å²) in [6.07, 6.45) is 2.71. The molecule has 7 nitrogen and oxygen atoms in total. The van der Waals surface area contributed by atoms with E-state index in [-0.39, 0.29) is 35.6 Å². The predicted molar refractivity (Wildman–Crippen MR) is 97.0 cm³/mol. The Morgan fingerprint density at radius 2 is 2.22 bits per heavy atom. The van der Waals surface area contributed by atoms with Crippen LogP contribution in [0.1, 0.15) is 11.7 Å². The lowest BCUT2D eigenvalue weighted by Crippen LogP contribution is -2.38. The number of carbonyl (C=O) groups is 1. The number of hydrogen-bond donors (Lipinski definition) is 2. The van der Waals surface area contributed by atoms with Crippen LogP contribution in [0.4, 0.5) is 4.39 Å². The van der Waals surface area contributed by atoms with Gasteiger partial charge < -0.3 is 20.1 Å². The van der Waals surface area contributed by atoms with Crippen LogP contribution in [0, 0.1) is 11.7 Å². The number of rotatable bonds is 6. The minimum atomic E-state index is -0.492. The van der Waals surface area contributed by atoms with Crippen LogP contribution in [-0.4, -0.2) is 48.7 Å². The van der Waals surface area contributed by atoms with Crippen LogP contribution in [0.2, 0.25) is 5.02 Å². The van der Waals surface area contributed by atoms with Gasteiger partial charge in [0.2, 0.25) is 0 Å². The summed E-state index contributed by atoms with van der Waals surface area (Å²) in [6, 6.07) is 6.43. The summed E-state index contributed by atoms with van der Waals surface area (Å²) >= 11 is 5.77. The van der Waals surface area contributed by atoms with E-state index in [1.165, 1.54) is 24.5 Å². The molecular weight excluding hydrogens is 375 g/mol. The van der Waals surface area contributed by atoms with Gasteiger partial charge in [-0.25, -0.2) is 14.4 Å². The SMILES string of the molecule is O=C(COc1ncccn1)NC[C@@H]1CNCCO[C@H]1c1ccc(Cl)c(F)c1. The Morgan fingerprint density at radius 1 is 1.41 bits per heavy atom. The Bertz CT molecular complexity index is 766. The fourth-order valence-electron chi connectivity index (χ4n) is 2.81. The lowest BCUT2D eigenvalue weighted by atomic mass is 9.95. The van der Waals surface area contributed by atoms with Crippen molar-refractivity contribution in [3.8, 4) is 6.01 Å². The molecule has 9 heteroatoms. The first-order valence-electron chi connectivity index (χ1n) is 8.57. The van der Waals surface area contributed by atoms with Crippen molar-refractivity contribution in [3.05, 3.63) is 53.1 Å². The van der Waals surface area contributed by atoms with Crippen molar-refractivity contribution in [3.63, 3.8) is 0 Å². The van der Waals surface area contributed by atoms with Crippen molar-refractivity contribution in [1.82, 2.24) is 20.6 Å². The molecule has 1 aromatic carbocycles. The third kappa shape index (κ3) is 5.59. The van der Waals surface area contributed by atoms with Gasteiger partial charge in [0, 0.05) is 37.9 Å². The molecule has 1 amide bonds. The zero-order valence-corrected chi connectivity index (χ0v) is 15.3. The molecule has 0 bridgehead atoms. The molecule has 0 aliphatic carbocycles. The Hall–Kier alpha value is -2.29. The maximum Gasteiger partial charge on any atom is 0.316 e. The van der Waals surface area contributed by atoms with E-state index in [1.54, 1.807) is 12.1 Å². The molecule has 2 N–H and O–H groups in total. The number of hydrogen-bond acceptors (Lipinski definition) is 6. The molecule has 0 radical (unpaired) electrons. The molecule has 1 fully saturated rings. The molecule has 1 aliphatic rings. The molecule has 2 aromatic rings. The van der Waals surface area contributed by atoms with Crippen molar-refractivity contribution in [1.29, 1.82) is 0 Å². The molecular formula is C18H20ClFN4O3. The second-order valence-corrected chi connectivity index (χ2v) is 6.46. The third-order valence-electron chi connectivity index (χ3n) is 4.12. The summed E-state index contributed by atoms with van der Waals surface area (Å²) in [7, 11) is 0. The maximum absolute atomic E-state index is 13.8. The van der Waals surface area contributed by atoms with Gasteiger partial charge in [-0.3, -0.25) is 4.79 Å². The van der Waals surface area contributed by atoms with E-state index in [4.69, 9.17) is 21.1 Å². The topological polar surface area (TPSA) is 85.4 Å². The van der Waals surface area contributed by atoms with Gasteiger partial charge in [0.1, 0.15) is 5.82 Å². The zero-order valence-electron chi connectivity index (χ0n) is 14.5. The van der Waals surface area contributed by atoms with E-state index in [9.17, 15) is 9.18 Å².